The molecule has 4 nitrogen and oxygen atoms in total. The van der Waals surface area contributed by atoms with Crippen LogP contribution in [-0.4, -0.2) is 33.9 Å². The summed E-state index contributed by atoms with van der Waals surface area (Å²) in [5.74, 6) is 0.641. The van der Waals surface area contributed by atoms with Gasteiger partial charge >= 0.3 is 0 Å². The number of rotatable bonds is 1. The van der Waals surface area contributed by atoms with Crippen LogP contribution >= 0.6 is 0 Å². The monoisotopic (exact) mass is 205 g/mol. The number of nitrogens with zero attached hydrogens (tertiary/aromatic N) is 3. The van der Waals surface area contributed by atoms with Crippen LogP contribution in [0.2, 0.25) is 0 Å². The molecular weight excluding hydrogens is 190 g/mol. The van der Waals surface area contributed by atoms with Crippen LogP contribution in [-0.2, 0) is 4.79 Å². The van der Waals surface area contributed by atoms with Gasteiger partial charge in [-0.1, -0.05) is 0 Å². The molecule has 0 N–H and O–H groups in total. The van der Waals surface area contributed by atoms with Crippen LogP contribution in [0, 0.1) is 0 Å². The third-order valence-electron chi connectivity index (χ3n) is 2.94. The second kappa shape index (κ2) is 4.38. The number of carbonyl (C=O) groups excluding carboxylic acids is 1. The van der Waals surface area contributed by atoms with Crippen LogP contribution < -0.4 is 0 Å². The summed E-state index contributed by atoms with van der Waals surface area (Å²) in [5.41, 5.74) is 1.06. The molecule has 1 saturated heterocycles. The molecule has 0 unspecified atom stereocenters. The number of aromatic nitrogens is 2. The fourth-order valence-electron chi connectivity index (χ4n) is 2.01. The molecule has 0 bridgehead atoms. The van der Waals surface area contributed by atoms with E-state index >= 15 is 0 Å². The van der Waals surface area contributed by atoms with Gasteiger partial charge in [-0.2, -0.15) is 0 Å². The molecule has 0 atom stereocenters. The van der Waals surface area contributed by atoms with Crippen molar-refractivity contribution in [2.45, 2.75) is 25.7 Å². The third kappa shape index (κ3) is 2.32. The maximum atomic E-state index is 11.1. The van der Waals surface area contributed by atoms with E-state index in [9.17, 15) is 4.79 Å². The second-order valence-electron chi connectivity index (χ2n) is 3.91. The SMILES string of the molecule is CC(=O)N1CCC(c2cnccn2)CC1. The average Bonchev–Trinajstić information content (AvgIpc) is 2.30. The van der Waals surface area contributed by atoms with Crippen LogP contribution in [0.25, 0.3) is 0 Å². The highest BCUT2D eigenvalue weighted by Crippen LogP contribution is 2.25. The minimum absolute atomic E-state index is 0.174. The summed E-state index contributed by atoms with van der Waals surface area (Å²) in [4.78, 5) is 21.4. The zero-order valence-corrected chi connectivity index (χ0v) is 8.89. The number of piperidine rings is 1. The molecule has 15 heavy (non-hydrogen) atoms. The Kier molecular flexibility index (Phi) is 2.94. The minimum Gasteiger partial charge on any atom is -0.343 e. The Morgan fingerprint density at radius 3 is 2.67 bits per heavy atom. The molecule has 80 valence electrons. The van der Waals surface area contributed by atoms with Gasteiger partial charge in [0.25, 0.3) is 0 Å². The van der Waals surface area contributed by atoms with E-state index in [0.29, 0.717) is 5.92 Å². The number of hydrogen-bond acceptors (Lipinski definition) is 3. The molecule has 0 spiro atoms. The van der Waals surface area contributed by atoms with E-state index in [1.54, 1.807) is 19.3 Å². The van der Waals surface area contributed by atoms with E-state index in [1.807, 2.05) is 11.1 Å². The van der Waals surface area contributed by atoms with Crippen molar-refractivity contribution in [2.24, 2.45) is 0 Å². The summed E-state index contributed by atoms with van der Waals surface area (Å²) in [6.45, 7) is 3.32. The smallest absolute Gasteiger partial charge is 0.219 e. The molecule has 0 radical (unpaired) electrons. The maximum Gasteiger partial charge on any atom is 0.219 e. The van der Waals surface area contributed by atoms with Gasteiger partial charge in [0.1, 0.15) is 0 Å². The standard InChI is InChI=1S/C11H15N3O/c1-9(15)14-6-2-10(3-7-14)11-8-12-4-5-13-11/h4-5,8,10H,2-3,6-7H2,1H3. The second-order valence-corrected chi connectivity index (χ2v) is 3.91. The first-order valence-corrected chi connectivity index (χ1v) is 5.29. The molecule has 1 amide bonds. The quantitative estimate of drug-likeness (QED) is 0.692. The first-order chi connectivity index (χ1) is 7.27. The largest absolute Gasteiger partial charge is 0.343 e. The van der Waals surface area contributed by atoms with Gasteiger partial charge in [0, 0.05) is 44.5 Å². The zero-order chi connectivity index (χ0) is 10.7. The Balaban J connectivity index is 1.97. The topological polar surface area (TPSA) is 46.1 Å². The van der Waals surface area contributed by atoms with Crippen molar-refractivity contribution >= 4 is 5.91 Å². The van der Waals surface area contributed by atoms with Gasteiger partial charge < -0.3 is 4.90 Å². The molecule has 4 heteroatoms. The summed E-state index contributed by atoms with van der Waals surface area (Å²) in [7, 11) is 0. The van der Waals surface area contributed by atoms with Crippen LogP contribution in [0.4, 0.5) is 0 Å². The summed E-state index contributed by atoms with van der Waals surface area (Å²) >= 11 is 0. The molecule has 2 rings (SSSR count). The van der Waals surface area contributed by atoms with Crippen molar-refractivity contribution in [3.05, 3.63) is 24.3 Å². The Hall–Kier alpha value is -1.45. The van der Waals surface area contributed by atoms with Gasteiger partial charge in [0.05, 0.1) is 5.69 Å². The maximum absolute atomic E-state index is 11.1. The lowest BCUT2D eigenvalue weighted by Crippen LogP contribution is -2.36. The predicted octanol–water partition coefficient (Wildman–Crippen LogP) is 1.20. The van der Waals surface area contributed by atoms with Crippen molar-refractivity contribution in [3.8, 4) is 0 Å². The van der Waals surface area contributed by atoms with Gasteiger partial charge in [0.15, 0.2) is 0 Å². The predicted molar refractivity (Wildman–Crippen MR) is 56.3 cm³/mol. The van der Waals surface area contributed by atoms with E-state index < -0.39 is 0 Å². The fraction of sp³-hybridized carbons (Fsp3) is 0.545. The van der Waals surface area contributed by atoms with Gasteiger partial charge in [0.2, 0.25) is 5.91 Å². The molecule has 1 aromatic rings. The highest BCUT2D eigenvalue weighted by molar-refractivity contribution is 5.73. The summed E-state index contributed by atoms with van der Waals surface area (Å²) in [6, 6.07) is 0. The minimum atomic E-state index is 0.174. The highest BCUT2D eigenvalue weighted by Gasteiger charge is 2.22. The molecule has 0 aliphatic carbocycles. The number of carbonyl (C=O) groups is 1. The third-order valence-corrected chi connectivity index (χ3v) is 2.94. The molecule has 0 aromatic carbocycles. The number of amides is 1. The van der Waals surface area contributed by atoms with Crippen molar-refractivity contribution < 1.29 is 4.79 Å². The van der Waals surface area contributed by atoms with E-state index in [2.05, 4.69) is 9.97 Å². The van der Waals surface area contributed by atoms with Crippen molar-refractivity contribution in [2.75, 3.05) is 13.1 Å². The van der Waals surface area contributed by atoms with E-state index in [4.69, 9.17) is 0 Å². The van der Waals surface area contributed by atoms with Gasteiger partial charge in [-0.3, -0.25) is 14.8 Å². The van der Waals surface area contributed by atoms with Crippen molar-refractivity contribution in [3.63, 3.8) is 0 Å². The normalized spacial score (nSPS) is 17.8. The Labute approximate surface area is 89.3 Å². The van der Waals surface area contributed by atoms with Crippen molar-refractivity contribution in [1.29, 1.82) is 0 Å². The van der Waals surface area contributed by atoms with Crippen LogP contribution in [0.15, 0.2) is 18.6 Å². The number of likely N-dealkylation sites (tertiary alicyclic amines) is 1. The zero-order valence-electron chi connectivity index (χ0n) is 8.89. The van der Waals surface area contributed by atoms with Crippen LogP contribution in [0.5, 0.6) is 0 Å². The lowest BCUT2D eigenvalue weighted by molar-refractivity contribution is -0.129. The molecule has 2 heterocycles. The van der Waals surface area contributed by atoms with Gasteiger partial charge in [-0.25, -0.2) is 0 Å². The molecule has 1 aliphatic heterocycles. The molecule has 0 saturated carbocycles. The molecular formula is C11H15N3O. The van der Waals surface area contributed by atoms with Crippen LogP contribution in [0.3, 0.4) is 0 Å². The van der Waals surface area contributed by atoms with Crippen LogP contribution in [0.1, 0.15) is 31.4 Å². The van der Waals surface area contributed by atoms with E-state index in [1.165, 1.54) is 0 Å². The van der Waals surface area contributed by atoms with Crippen molar-refractivity contribution in [1.82, 2.24) is 14.9 Å². The van der Waals surface area contributed by atoms with Gasteiger partial charge in [-0.05, 0) is 12.8 Å². The van der Waals surface area contributed by atoms with E-state index in [-0.39, 0.29) is 5.91 Å². The Bertz CT molecular complexity index is 331. The highest BCUT2D eigenvalue weighted by atomic mass is 16.2. The molecule has 1 aromatic heterocycles. The average molecular weight is 205 g/mol. The lowest BCUT2D eigenvalue weighted by atomic mass is 9.94. The number of hydrogen-bond donors (Lipinski definition) is 0. The summed E-state index contributed by atoms with van der Waals surface area (Å²) < 4.78 is 0. The molecule has 1 fully saturated rings. The first-order valence-electron chi connectivity index (χ1n) is 5.29. The van der Waals surface area contributed by atoms with Gasteiger partial charge in [-0.15, -0.1) is 0 Å². The lowest BCUT2D eigenvalue weighted by Gasteiger charge is -2.30. The first kappa shape index (κ1) is 10.1. The Morgan fingerprint density at radius 1 is 1.40 bits per heavy atom. The van der Waals surface area contributed by atoms with E-state index in [0.717, 1.165) is 31.6 Å². The summed E-state index contributed by atoms with van der Waals surface area (Å²) in [6.07, 6.45) is 7.24. The Morgan fingerprint density at radius 2 is 2.13 bits per heavy atom. The molecule has 1 aliphatic rings. The summed E-state index contributed by atoms with van der Waals surface area (Å²) in [5, 5.41) is 0. The fourth-order valence-corrected chi connectivity index (χ4v) is 2.01.